The van der Waals surface area contributed by atoms with Crippen LogP contribution in [0.4, 0.5) is 0 Å². The van der Waals surface area contributed by atoms with Crippen molar-refractivity contribution in [3.05, 3.63) is 65.7 Å². The second kappa shape index (κ2) is 7.43. The van der Waals surface area contributed by atoms with Crippen molar-refractivity contribution in [2.24, 2.45) is 0 Å². The fourth-order valence-corrected chi connectivity index (χ4v) is 2.05. The van der Waals surface area contributed by atoms with Crippen LogP contribution in [0.25, 0.3) is 0 Å². The van der Waals surface area contributed by atoms with Crippen LogP contribution in [0.5, 0.6) is 5.75 Å². The molecule has 0 saturated carbocycles. The Bertz CT molecular complexity index is 558. The van der Waals surface area contributed by atoms with Crippen LogP contribution in [0.1, 0.15) is 38.0 Å². The molecule has 0 heterocycles. The molecule has 2 N–H and O–H groups in total. The fourth-order valence-electron chi connectivity index (χ4n) is 2.05. The molecule has 0 fully saturated rings. The van der Waals surface area contributed by atoms with E-state index in [4.69, 9.17) is 4.74 Å². The van der Waals surface area contributed by atoms with E-state index < -0.39 is 6.10 Å². The van der Waals surface area contributed by atoms with E-state index in [1.165, 1.54) is 0 Å². The topological polar surface area (TPSA) is 41.5 Å². The van der Waals surface area contributed by atoms with E-state index in [0.717, 1.165) is 16.9 Å². The molecule has 2 rings (SSSR count). The van der Waals surface area contributed by atoms with Crippen LogP contribution in [-0.4, -0.2) is 17.2 Å². The third-order valence-corrected chi connectivity index (χ3v) is 3.34. The van der Waals surface area contributed by atoms with E-state index in [2.05, 4.69) is 26.1 Å². The van der Waals surface area contributed by atoms with Crippen molar-refractivity contribution in [3.63, 3.8) is 0 Å². The smallest absolute Gasteiger partial charge is 0.119 e. The van der Waals surface area contributed by atoms with Gasteiger partial charge in [0.15, 0.2) is 0 Å². The lowest BCUT2D eigenvalue weighted by molar-refractivity contribution is 0.163. The molecule has 0 radical (unpaired) electrons. The normalized spacial score (nSPS) is 12.9. The molecule has 2 aromatic rings. The molecular weight excluding hydrogens is 274 g/mol. The van der Waals surface area contributed by atoms with Gasteiger partial charge in [-0.25, -0.2) is 0 Å². The van der Waals surface area contributed by atoms with Gasteiger partial charge in [-0.15, -0.1) is 0 Å². The monoisotopic (exact) mass is 299 g/mol. The minimum atomic E-state index is -0.512. The van der Waals surface area contributed by atoms with Crippen molar-refractivity contribution in [3.8, 4) is 5.75 Å². The van der Waals surface area contributed by atoms with E-state index in [1.54, 1.807) is 0 Å². The molecule has 0 aliphatic rings. The minimum absolute atomic E-state index is 0.000282. The van der Waals surface area contributed by atoms with Crippen molar-refractivity contribution in [1.29, 1.82) is 0 Å². The molecule has 0 aliphatic carbocycles. The summed E-state index contributed by atoms with van der Waals surface area (Å²) < 4.78 is 5.74. The van der Waals surface area contributed by atoms with E-state index in [-0.39, 0.29) is 5.54 Å². The maximum atomic E-state index is 10.2. The van der Waals surface area contributed by atoms with Crippen molar-refractivity contribution < 1.29 is 9.84 Å². The average molecular weight is 299 g/mol. The van der Waals surface area contributed by atoms with Gasteiger partial charge in [-0.1, -0.05) is 42.5 Å². The first kappa shape index (κ1) is 16.5. The number of hydrogen-bond acceptors (Lipinski definition) is 3. The number of aliphatic hydroxyl groups excluding tert-OH is 1. The Morgan fingerprint density at radius 2 is 1.64 bits per heavy atom. The molecular formula is C19H25NO2. The summed E-state index contributed by atoms with van der Waals surface area (Å²) in [7, 11) is 0. The van der Waals surface area contributed by atoms with E-state index >= 15 is 0 Å². The van der Waals surface area contributed by atoms with Crippen LogP contribution >= 0.6 is 0 Å². The maximum Gasteiger partial charge on any atom is 0.119 e. The summed E-state index contributed by atoms with van der Waals surface area (Å²) in [6.45, 7) is 7.34. The Hall–Kier alpha value is -1.84. The summed E-state index contributed by atoms with van der Waals surface area (Å²) >= 11 is 0. The zero-order valence-electron chi connectivity index (χ0n) is 13.5. The Kier molecular flexibility index (Phi) is 5.58. The molecule has 0 bridgehead atoms. The van der Waals surface area contributed by atoms with Gasteiger partial charge in [-0.05, 0) is 44.0 Å². The van der Waals surface area contributed by atoms with E-state index in [0.29, 0.717) is 13.2 Å². The van der Waals surface area contributed by atoms with Gasteiger partial charge in [-0.2, -0.15) is 0 Å². The third-order valence-electron chi connectivity index (χ3n) is 3.34. The predicted octanol–water partition coefficient (Wildman–Crippen LogP) is 3.69. The number of rotatable bonds is 6. The van der Waals surface area contributed by atoms with E-state index in [9.17, 15) is 5.11 Å². The Balaban J connectivity index is 1.87. The summed E-state index contributed by atoms with van der Waals surface area (Å²) in [6.07, 6.45) is -0.512. The van der Waals surface area contributed by atoms with Crippen LogP contribution in [0.2, 0.25) is 0 Å². The van der Waals surface area contributed by atoms with Crippen LogP contribution in [0.3, 0.4) is 0 Å². The molecule has 1 atom stereocenters. The summed E-state index contributed by atoms with van der Waals surface area (Å²) in [4.78, 5) is 0. The number of benzene rings is 2. The molecule has 0 spiro atoms. The molecule has 0 saturated heterocycles. The highest BCUT2D eigenvalue weighted by Gasteiger charge is 2.13. The van der Waals surface area contributed by atoms with Crippen molar-refractivity contribution in [2.45, 2.75) is 39.0 Å². The zero-order valence-corrected chi connectivity index (χ0v) is 13.5. The van der Waals surface area contributed by atoms with Gasteiger partial charge in [0.1, 0.15) is 12.4 Å². The van der Waals surface area contributed by atoms with E-state index in [1.807, 2.05) is 54.6 Å². The summed E-state index contributed by atoms with van der Waals surface area (Å²) in [5.41, 5.74) is 2.03. The SMILES string of the molecule is CC(C)(C)NC[C@@H](O)c1ccc(OCc2ccccc2)cc1. The molecule has 0 unspecified atom stereocenters. The molecule has 3 nitrogen and oxygen atoms in total. The summed E-state index contributed by atoms with van der Waals surface area (Å²) in [5, 5.41) is 13.5. The highest BCUT2D eigenvalue weighted by molar-refractivity contribution is 5.29. The van der Waals surface area contributed by atoms with Gasteiger partial charge in [0, 0.05) is 12.1 Å². The van der Waals surface area contributed by atoms with Gasteiger partial charge in [0.25, 0.3) is 0 Å². The molecule has 22 heavy (non-hydrogen) atoms. The first-order valence-electron chi connectivity index (χ1n) is 7.64. The maximum absolute atomic E-state index is 10.2. The molecule has 3 heteroatoms. The highest BCUT2D eigenvalue weighted by Crippen LogP contribution is 2.19. The van der Waals surface area contributed by atoms with Crippen LogP contribution in [0.15, 0.2) is 54.6 Å². The van der Waals surface area contributed by atoms with Gasteiger partial charge in [0.05, 0.1) is 6.10 Å². The number of β-amino-alcohol motifs (C(OH)–C–C–N with tert-alkyl or cyclic N) is 1. The molecule has 118 valence electrons. The lowest BCUT2D eigenvalue weighted by Crippen LogP contribution is -2.38. The molecule has 2 aromatic carbocycles. The van der Waals surface area contributed by atoms with Crippen molar-refractivity contribution in [2.75, 3.05) is 6.54 Å². The lowest BCUT2D eigenvalue weighted by Gasteiger charge is -2.23. The fraction of sp³-hybridized carbons (Fsp3) is 0.368. The second-order valence-electron chi connectivity index (χ2n) is 6.49. The van der Waals surface area contributed by atoms with Crippen LogP contribution in [-0.2, 0) is 6.61 Å². The Labute approximate surface area is 133 Å². The number of ether oxygens (including phenoxy) is 1. The van der Waals surface area contributed by atoms with Gasteiger partial charge in [-0.3, -0.25) is 0 Å². The predicted molar refractivity (Wildman–Crippen MR) is 89.9 cm³/mol. The molecule has 0 amide bonds. The first-order valence-corrected chi connectivity index (χ1v) is 7.64. The van der Waals surface area contributed by atoms with Gasteiger partial charge < -0.3 is 15.2 Å². The van der Waals surface area contributed by atoms with Gasteiger partial charge in [0.2, 0.25) is 0 Å². The van der Waals surface area contributed by atoms with Crippen LogP contribution < -0.4 is 10.1 Å². The quantitative estimate of drug-likeness (QED) is 0.855. The largest absolute Gasteiger partial charge is 0.489 e. The van der Waals surface area contributed by atoms with Crippen molar-refractivity contribution >= 4 is 0 Å². The number of aliphatic hydroxyl groups is 1. The van der Waals surface area contributed by atoms with Gasteiger partial charge >= 0.3 is 0 Å². The lowest BCUT2D eigenvalue weighted by atomic mass is 10.1. The van der Waals surface area contributed by atoms with Crippen molar-refractivity contribution in [1.82, 2.24) is 5.32 Å². The van der Waals surface area contributed by atoms with Crippen LogP contribution in [0, 0.1) is 0 Å². The third kappa shape index (κ3) is 5.51. The number of nitrogens with one attached hydrogen (secondary N) is 1. The Morgan fingerprint density at radius 1 is 1.00 bits per heavy atom. The average Bonchev–Trinajstić information content (AvgIpc) is 2.51. The Morgan fingerprint density at radius 3 is 2.23 bits per heavy atom. The highest BCUT2D eigenvalue weighted by atomic mass is 16.5. The molecule has 0 aromatic heterocycles. The number of hydrogen-bond donors (Lipinski definition) is 2. The first-order chi connectivity index (χ1) is 10.4. The summed E-state index contributed by atoms with van der Waals surface area (Å²) in [5.74, 6) is 0.809. The molecule has 0 aliphatic heterocycles. The minimum Gasteiger partial charge on any atom is -0.489 e. The summed E-state index contributed by atoms with van der Waals surface area (Å²) in [6, 6.07) is 17.7. The standard InChI is InChI=1S/C19H25NO2/c1-19(2,3)20-13-18(21)16-9-11-17(12-10-16)22-14-15-7-5-4-6-8-15/h4-12,18,20-21H,13-14H2,1-3H3/t18-/m1/s1. The second-order valence-corrected chi connectivity index (χ2v) is 6.49. The zero-order chi connectivity index (χ0) is 16.0.